The summed E-state index contributed by atoms with van der Waals surface area (Å²) in [5, 5.41) is 0. The van der Waals surface area contributed by atoms with E-state index in [-0.39, 0.29) is 0 Å². The molecule has 14 heavy (non-hydrogen) atoms. The summed E-state index contributed by atoms with van der Waals surface area (Å²) in [7, 11) is 2.01. The van der Waals surface area contributed by atoms with E-state index in [1.54, 1.807) is 12.4 Å². The summed E-state index contributed by atoms with van der Waals surface area (Å²) < 4.78 is 0. The van der Waals surface area contributed by atoms with E-state index in [4.69, 9.17) is 11.6 Å². The van der Waals surface area contributed by atoms with Crippen molar-refractivity contribution in [2.75, 3.05) is 30.5 Å². The lowest BCUT2D eigenvalue weighted by Gasteiger charge is -2.17. The second-order valence-corrected chi connectivity index (χ2v) is 4.17. The Morgan fingerprint density at radius 2 is 2.29 bits per heavy atom. The van der Waals surface area contributed by atoms with Crippen molar-refractivity contribution in [1.29, 1.82) is 0 Å². The monoisotopic (exact) mass is 231 g/mol. The quantitative estimate of drug-likeness (QED) is 0.725. The topological polar surface area (TPSA) is 29.0 Å². The Labute approximate surface area is 93.9 Å². The van der Waals surface area contributed by atoms with E-state index in [2.05, 4.69) is 21.1 Å². The predicted octanol–water partition coefficient (Wildman–Crippen LogP) is 2.01. The Balaban J connectivity index is 2.64. The van der Waals surface area contributed by atoms with Crippen LogP contribution in [-0.4, -0.2) is 35.6 Å². The predicted molar refractivity (Wildman–Crippen MR) is 63.2 cm³/mol. The van der Waals surface area contributed by atoms with E-state index in [1.165, 1.54) is 0 Å². The minimum Gasteiger partial charge on any atom is -0.358 e. The zero-order chi connectivity index (χ0) is 10.4. The largest absolute Gasteiger partial charge is 0.358 e. The van der Waals surface area contributed by atoms with Gasteiger partial charge < -0.3 is 4.90 Å². The first-order valence-corrected chi connectivity index (χ1v) is 6.27. The summed E-state index contributed by atoms with van der Waals surface area (Å²) in [5.41, 5.74) is 0.820. The van der Waals surface area contributed by atoms with E-state index in [1.807, 2.05) is 18.8 Å². The van der Waals surface area contributed by atoms with Gasteiger partial charge in [0.25, 0.3) is 0 Å². The third-order valence-corrected chi connectivity index (χ3v) is 2.70. The van der Waals surface area contributed by atoms with Crippen LogP contribution in [0.3, 0.4) is 0 Å². The molecule has 0 unspecified atom stereocenters. The molecular weight excluding hydrogens is 218 g/mol. The van der Waals surface area contributed by atoms with E-state index in [9.17, 15) is 0 Å². The van der Waals surface area contributed by atoms with Crippen molar-refractivity contribution in [2.45, 2.75) is 5.88 Å². The molecule has 0 radical (unpaired) electrons. The van der Waals surface area contributed by atoms with Crippen LogP contribution < -0.4 is 4.90 Å². The van der Waals surface area contributed by atoms with Crippen molar-refractivity contribution in [3.05, 3.63) is 18.1 Å². The normalized spacial score (nSPS) is 10.2. The van der Waals surface area contributed by atoms with Gasteiger partial charge >= 0.3 is 0 Å². The smallest absolute Gasteiger partial charge is 0.147 e. The fraction of sp³-hybridized carbons (Fsp3) is 0.556. The fourth-order valence-electron chi connectivity index (χ4n) is 0.986. The van der Waals surface area contributed by atoms with Gasteiger partial charge in [0.1, 0.15) is 5.82 Å². The molecule has 1 heterocycles. The van der Waals surface area contributed by atoms with E-state index in [0.29, 0.717) is 5.88 Å². The maximum Gasteiger partial charge on any atom is 0.147 e. The fourth-order valence-corrected chi connectivity index (χ4v) is 1.57. The molecule has 0 amide bonds. The van der Waals surface area contributed by atoms with Crippen molar-refractivity contribution in [1.82, 2.24) is 9.97 Å². The summed E-state index contributed by atoms with van der Waals surface area (Å²) in [6.07, 6.45) is 5.55. The highest BCUT2D eigenvalue weighted by molar-refractivity contribution is 7.98. The third kappa shape index (κ3) is 3.35. The van der Waals surface area contributed by atoms with Crippen LogP contribution in [0.5, 0.6) is 0 Å². The lowest BCUT2D eigenvalue weighted by Crippen LogP contribution is -2.21. The number of halogens is 1. The summed E-state index contributed by atoms with van der Waals surface area (Å²) in [4.78, 5) is 10.5. The standard InChI is InChI=1S/C9H14ClN3S/c1-13(3-4-14-2)9-7-11-6-8(5-10)12-9/h6-7H,3-5H2,1-2H3. The van der Waals surface area contributed by atoms with Gasteiger partial charge in [-0.2, -0.15) is 11.8 Å². The first kappa shape index (κ1) is 11.6. The maximum absolute atomic E-state index is 5.68. The molecule has 0 saturated heterocycles. The minimum absolute atomic E-state index is 0.414. The van der Waals surface area contributed by atoms with Gasteiger partial charge in [-0.3, -0.25) is 4.98 Å². The molecule has 1 aromatic heterocycles. The zero-order valence-electron chi connectivity index (χ0n) is 8.40. The summed E-state index contributed by atoms with van der Waals surface area (Å²) in [5.74, 6) is 2.39. The van der Waals surface area contributed by atoms with E-state index < -0.39 is 0 Å². The Morgan fingerprint density at radius 3 is 2.93 bits per heavy atom. The van der Waals surface area contributed by atoms with Gasteiger partial charge in [0, 0.05) is 25.5 Å². The molecule has 1 rings (SSSR count). The van der Waals surface area contributed by atoms with E-state index >= 15 is 0 Å². The number of nitrogens with zero attached hydrogens (tertiary/aromatic N) is 3. The van der Waals surface area contributed by atoms with E-state index in [0.717, 1.165) is 23.8 Å². The maximum atomic E-state index is 5.68. The number of hydrogen-bond acceptors (Lipinski definition) is 4. The number of anilines is 1. The number of aromatic nitrogens is 2. The Bertz CT molecular complexity index is 283. The molecule has 0 aliphatic heterocycles. The molecule has 78 valence electrons. The molecule has 0 N–H and O–H groups in total. The molecule has 1 aromatic rings. The first-order valence-electron chi connectivity index (χ1n) is 4.35. The SMILES string of the molecule is CSCCN(C)c1cncc(CCl)n1. The van der Waals surface area contributed by atoms with Gasteiger partial charge in [-0.05, 0) is 6.26 Å². The van der Waals surface area contributed by atoms with Gasteiger partial charge in [0.2, 0.25) is 0 Å². The van der Waals surface area contributed by atoms with Crippen LogP contribution in [-0.2, 0) is 5.88 Å². The highest BCUT2D eigenvalue weighted by Crippen LogP contribution is 2.09. The van der Waals surface area contributed by atoms with Crippen molar-refractivity contribution in [3.63, 3.8) is 0 Å². The highest BCUT2D eigenvalue weighted by Gasteiger charge is 2.02. The van der Waals surface area contributed by atoms with Gasteiger partial charge in [0.15, 0.2) is 0 Å². The van der Waals surface area contributed by atoms with Crippen molar-refractivity contribution < 1.29 is 0 Å². The lowest BCUT2D eigenvalue weighted by molar-refractivity contribution is 0.922. The first-order chi connectivity index (χ1) is 6.77. The Hall–Kier alpha value is -0.480. The molecule has 0 aliphatic rings. The number of thioether (sulfide) groups is 1. The molecule has 3 nitrogen and oxygen atoms in total. The highest BCUT2D eigenvalue weighted by atomic mass is 35.5. The Morgan fingerprint density at radius 1 is 1.50 bits per heavy atom. The number of rotatable bonds is 5. The summed E-state index contributed by atoms with van der Waals surface area (Å²) >= 11 is 7.50. The van der Waals surface area contributed by atoms with Gasteiger partial charge in [0.05, 0.1) is 17.8 Å². The van der Waals surface area contributed by atoms with Gasteiger partial charge in [-0.1, -0.05) is 0 Å². The van der Waals surface area contributed by atoms with Crippen molar-refractivity contribution in [3.8, 4) is 0 Å². The van der Waals surface area contributed by atoms with Crippen LogP contribution >= 0.6 is 23.4 Å². The summed E-state index contributed by atoms with van der Waals surface area (Å²) in [6.45, 7) is 0.974. The van der Waals surface area contributed by atoms with Crippen LogP contribution in [0.4, 0.5) is 5.82 Å². The number of hydrogen-bond donors (Lipinski definition) is 0. The molecule has 0 saturated carbocycles. The molecule has 0 spiro atoms. The second kappa shape index (κ2) is 6.09. The van der Waals surface area contributed by atoms with Crippen LogP contribution in [0.1, 0.15) is 5.69 Å². The van der Waals surface area contributed by atoms with Crippen molar-refractivity contribution in [2.24, 2.45) is 0 Å². The number of alkyl halides is 1. The van der Waals surface area contributed by atoms with Crippen LogP contribution in [0.2, 0.25) is 0 Å². The van der Waals surface area contributed by atoms with Crippen LogP contribution in [0.15, 0.2) is 12.4 Å². The molecule has 5 heteroatoms. The molecular formula is C9H14ClN3S. The second-order valence-electron chi connectivity index (χ2n) is 2.92. The lowest BCUT2D eigenvalue weighted by atomic mass is 10.5. The molecule has 0 aliphatic carbocycles. The molecule has 0 bridgehead atoms. The van der Waals surface area contributed by atoms with Gasteiger partial charge in [-0.25, -0.2) is 4.98 Å². The van der Waals surface area contributed by atoms with Gasteiger partial charge in [-0.15, -0.1) is 11.6 Å². The molecule has 0 fully saturated rings. The van der Waals surface area contributed by atoms with Crippen molar-refractivity contribution >= 4 is 29.2 Å². The van der Waals surface area contributed by atoms with Crippen LogP contribution in [0.25, 0.3) is 0 Å². The Kier molecular flexibility index (Phi) is 5.04. The minimum atomic E-state index is 0.414. The average molecular weight is 232 g/mol. The zero-order valence-corrected chi connectivity index (χ0v) is 9.98. The molecule has 0 atom stereocenters. The summed E-state index contributed by atoms with van der Waals surface area (Å²) in [6, 6.07) is 0. The van der Waals surface area contributed by atoms with Crippen LogP contribution in [0, 0.1) is 0 Å². The third-order valence-electron chi connectivity index (χ3n) is 1.83. The molecule has 0 aromatic carbocycles. The average Bonchev–Trinajstić information content (AvgIpc) is 2.26.